The lowest BCUT2D eigenvalue weighted by Gasteiger charge is -2.15. The Morgan fingerprint density at radius 2 is 1.64 bits per heavy atom. The summed E-state index contributed by atoms with van der Waals surface area (Å²) in [6, 6.07) is 15.8. The van der Waals surface area contributed by atoms with E-state index < -0.39 is 0 Å². The first-order chi connectivity index (χ1) is 13.5. The van der Waals surface area contributed by atoms with Gasteiger partial charge in [-0.15, -0.1) is 0 Å². The molecular weight excluding hydrogens is 366 g/mol. The van der Waals surface area contributed by atoms with Gasteiger partial charge >= 0.3 is 0 Å². The number of hydrogen-bond donors (Lipinski definition) is 0. The Morgan fingerprint density at radius 1 is 0.893 bits per heavy atom. The summed E-state index contributed by atoms with van der Waals surface area (Å²) in [5.41, 5.74) is 3.58. The topological polar surface area (TPSA) is 37.4 Å². The Kier molecular flexibility index (Phi) is 6.74. The van der Waals surface area contributed by atoms with Crippen LogP contribution >= 0.6 is 11.8 Å². The van der Waals surface area contributed by atoms with E-state index in [1.807, 2.05) is 56.3 Å². The minimum absolute atomic E-state index is 0.160. The van der Waals surface area contributed by atoms with Crippen LogP contribution in [0.2, 0.25) is 0 Å². The maximum absolute atomic E-state index is 13.3. The van der Waals surface area contributed by atoms with Crippen molar-refractivity contribution in [2.75, 3.05) is 6.54 Å². The normalized spacial score (nSPS) is 14.3. The van der Waals surface area contributed by atoms with Gasteiger partial charge in [0.2, 0.25) is 0 Å². The van der Waals surface area contributed by atoms with E-state index in [0.717, 1.165) is 47.3 Å². The second-order valence-electron chi connectivity index (χ2n) is 7.26. The van der Waals surface area contributed by atoms with E-state index in [-0.39, 0.29) is 11.8 Å². The number of aryl methyl sites for hydroxylation is 2. The van der Waals surface area contributed by atoms with Gasteiger partial charge in [0.25, 0.3) is 11.8 Å². The van der Waals surface area contributed by atoms with Gasteiger partial charge < -0.3 is 0 Å². The summed E-state index contributed by atoms with van der Waals surface area (Å²) in [7, 11) is 0. The Labute approximate surface area is 171 Å². The number of nitrogens with zero attached hydrogens (tertiary/aromatic N) is 1. The molecule has 1 aliphatic heterocycles. The molecule has 0 saturated carbocycles. The van der Waals surface area contributed by atoms with Crippen molar-refractivity contribution in [3.8, 4) is 0 Å². The Morgan fingerprint density at radius 3 is 2.32 bits per heavy atom. The molecule has 0 radical (unpaired) electrons. The van der Waals surface area contributed by atoms with Gasteiger partial charge in [0, 0.05) is 11.4 Å². The summed E-state index contributed by atoms with van der Waals surface area (Å²) in [4.78, 5) is 29.4. The van der Waals surface area contributed by atoms with E-state index in [0.29, 0.717) is 17.0 Å². The van der Waals surface area contributed by atoms with Crippen LogP contribution in [-0.2, 0) is 9.59 Å². The minimum atomic E-state index is -0.162. The van der Waals surface area contributed by atoms with Crippen LogP contribution in [0.15, 0.2) is 58.3 Å². The summed E-state index contributed by atoms with van der Waals surface area (Å²) in [5.74, 6) is -0.322. The number of carbonyl (C=O) groups is 2. The first kappa shape index (κ1) is 20.4. The maximum Gasteiger partial charge on any atom is 0.268 e. The lowest BCUT2D eigenvalue weighted by Crippen LogP contribution is -2.32. The Bertz CT molecular complexity index is 902. The predicted octanol–water partition coefficient (Wildman–Crippen LogP) is 5.76. The summed E-state index contributed by atoms with van der Waals surface area (Å²) >= 11 is 1.39. The van der Waals surface area contributed by atoms with Gasteiger partial charge in [-0.1, -0.05) is 79.9 Å². The van der Waals surface area contributed by atoms with Gasteiger partial charge in [0.1, 0.15) is 0 Å². The van der Waals surface area contributed by atoms with Crippen LogP contribution in [0.4, 0.5) is 0 Å². The molecule has 2 aromatic rings. The predicted molar refractivity (Wildman–Crippen MR) is 116 cm³/mol. The summed E-state index contributed by atoms with van der Waals surface area (Å²) < 4.78 is 0. The van der Waals surface area contributed by atoms with Crippen molar-refractivity contribution in [2.45, 2.75) is 51.3 Å². The van der Waals surface area contributed by atoms with Crippen LogP contribution < -0.4 is 0 Å². The van der Waals surface area contributed by atoms with Crippen molar-refractivity contribution in [1.29, 1.82) is 0 Å². The second kappa shape index (κ2) is 9.24. The highest BCUT2D eigenvalue weighted by atomic mass is 32.2. The maximum atomic E-state index is 13.3. The van der Waals surface area contributed by atoms with Crippen LogP contribution in [0.1, 0.15) is 49.3 Å². The number of rotatable bonds is 8. The van der Waals surface area contributed by atoms with Crippen LogP contribution in [-0.4, -0.2) is 23.3 Å². The molecule has 0 unspecified atom stereocenters. The third-order valence-electron chi connectivity index (χ3n) is 4.98. The zero-order chi connectivity index (χ0) is 20.1. The molecule has 0 fully saturated rings. The monoisotopic (exact) mass is 393 g/mol. The van der Waals surface area contributed by atoms with Crippen molar-refractivity contribution in [3.63, 3.8) is 0 Å². The number of imide groups is 1. The molecular formula is C24H27NO2S. The van der Waals surface area contributed by atoms with Crippen molar-refractivity contribution in [2.24, 2.45) is 0 Å². The molecule has 3 nitrogen and oxygen atoms in total. The standard InChI is InChI=1S/C24H27NO2S/c1-4-5-6-10-15-25-23(26)21(20-14-13-17(2)16-18(20)3)22(24(25)27)28-19-11-8-7-9-12-19/h7-9,11-14,16H,4-6,10,15H2,1-3H3. The molecule has 2 aromatic carbocycles. The molecule has 3 rings (SSSR count). The van der Waals surface area contributed by atoms with Crippen molar-refractivity contribution >= 4 is 29.1 Å². The smallest absolute Gasteiger partial charge is 0.268 e. The van der Waals surface area contributed by atoms with Gasteiger partial charge in [-0.2, -0.15) is 0 Å². The molecule has 146 valence electrons. The molecule has 4 heteroatoms. The second-order valence-corrected chi connectivity index (χ2v) is 8.34. The molecule has 0 bridgehead atoms. The van der Waals surface area contributed by atoms with Crippen LogP contribution in [0.5, 0.6) is 0 Å². The first-order valence-corrected chi connectivity index (χ1v) is 10.8. The third kappa shape index (κ3) is 4.39. The molecule has 0 saturated heterocycles. The van der Waals surface area contributed by atoms with Crippen LogP contribution in [0.25, 0.3) is 5.57 Å². The zero-order valence-corrected chi connectivity index (χ0v) is 17.6. The fourth-order valence-corrected chi connectivity index (χ4v) is 4.51. The number of thioether (sulfide) groups is 1. The highest BCUT2D eigenvalue weighted by Gasteiger charge is 2.39. The van der Waals surface area contributed by atoms with Crippen LogP contribution in [0, 0.1) is 13.8 Å². The molecule has 1 aliphatic rings. The quantitative estimate of drug-likeness (QED) is 0.423. The molecule has 2 amide bonds. The SMILES string of the molecule is CCCCCCN1C(=O)C(Sc2ccccc2)=C(c2ccc(C)cc2C)C1=O. The molecule has 28 heavy (non-hydrogen) atoms. The lowest BCUT2D eigenvalue weighted by molar-refractivity contribution is -0.136. The minimum Gasteiger partial charge on any atom is -0.274 e. The number of amides is 2. The Hall–Kier alpha value is -2.33. The van der Waals surface area contributed by atoms with E-state index in [4.69, 9.17) is 0 Å². The van der Waals surface area contributed by atoms with Crippen LogP contribution in [0.3, 0.4) is 0 Å². The average Bonchev–Trinajstić information content (AvgIpc) is 2.90. The zero-order valence-electron chi connectivity index (χ0n) is 16.8. The number of unbranched alkanes of at least 4 members (excludes halogenated alkanes) is 3. The number of hydrogen-bond acceptors (Lipinski definition) is 3. The summed E-state index contributed by atoms with van der Waals surface area (Å²) in [6.07, 6.45) is 4.14. The first-order valence-electron chi connectivity index (χ1n) is 9.94. The van der Waals surface area contributed by atoms with E-state index in [9.17, 15) is 9.59 Å². The molecule has 0 aliphatic carbocycles. The van der Waals surface area contributed by atoms with Gasteiger partial charge in [0.05, 0.1) is 10.5 Å². The van der Waals surface area contributed by atoms with E-state index in [1.165, 1.54) is 16.7 Å². The largest absolute Gasteiger partial charge is 0.274 e. The summed E-state index contributed by atoms with van der Waals surface area (Å²) in [6.45, 7) is 6.68. The molecule has 0 N–H and O–H groups in total. The van der Waals surface area contributed by atoms with Crippen molar-refractivity contribution in [3.05, 3.63) is 70.1 Å². The highest BCUT2D eigenvalue weighted by Crippen LogP contribution is 2.40. The fraction of sp³-hybridized carbons (Fsp3) is 0.333. The van der Waals surface area contributed by atoms with Gasteiger partial charge in [-0.25, -0.2) is 0 Å². The average molecular weight is 394 g/mol. The third-order valence-corrected chi connectivity index (χ3v) is 6.07. The van der Waals surface area contributed by atoms with E-state index in [1.54, 1.807) is 0 Å². The van der Waals surface area contributed by atoms with E-state index in [2.05, 4.69) is 13.0 Å². The van der Waals surface area contributed by atoms with Crippen molar-refractivity contribution in [1.82, 2.24) is 4.90 Å². The lowest BCUT2D eigenvalue weighted by atomic mass is 9.99. The van der Waals surface area contributed by atoms with E-state index >= 15 is 0 Å². The van der Waals surface area contributed by atoms with Gasteiger partial charge in [-0.05, 0) is 43.5 Å². The van der Waals surface area contributed by atoms with Crippen molar-refractivity contribution < 1.29 is 9.59 Å². The molecule has 0 spiro atoms. The van der Waals surface area contributed by atoms with Gasteiger partial charge in [0.15, 0.2) is 0 Å². The summed E-state index contributed by atoms with van der Waals surface area (Å²) in [5, 5.41) is 0. The molecule has 0 atom stereocenters. The number of benzene rings is 2. The molecule has 0 aromatic heterocycles. The fourth-order valence-electron chi connectivity index (χ4n) is 3.49. The number of carbonyl (C=O) groups excluding carboxylic acids is 2. The van der Waals surface area contributed by atoms with Gasteiger partial charge in [-0.3, -0.25) is 14.5 Å². The Balaban J connectivity index is 1.97. The highest BCUT2D eigenvalue weighted by molar-refractivity contribution is 8.04. The molecule has 1 heterocycles.